The number of benzene rings is 1. The molecule has 0 atom stereocenters. The van der Waals surface area contributed by atoms with Crippen LogP contribution >= 0.6 is 22.9 Å². The number of carbonyl (C=O) groups excluding carboxylic acids is 1. The van der Waals surface area contributed by atoms with E-state index in [0.717, 1.165) is 33.3 Å². The fourth-order valence-electron chi connectivity index (χ4n) is 2.25. The van der Waals surface area contributed by atoms with Crippen LogP contribution in [0.2, 0.25) is 4.34 Å². The van der Waals surface area contributed by atoms with E-state index in [-0.39, 0.29) is 5.91 Å². The molecule has 1 aliphatic heterocycles. The highest BCUT2D eigenvalue weighted by Crippen LogP contribution is 2.25. The molecule has 0 saturated heterocycles. The second kappa shape index (κ2) is 4.75. The van der Waals surface area contributed by atoms with Crippen molar-refractivity contribution in [2.45, 2.75) is 13.0 Å². The zero-order valence-electron chi connectivity index (χ0n) is 9.73. The van der Waals surface area contributed by atoms with Crippen molar-refractivity contribution in [2.24, 2.45) is 0 Å². The number of hydrogen-bond acceptors (Lipinski definition) is 2. The minimum atomic E-state index is 0.126. The van der Waals surface area contributed by atoms with E-state index in [4.69, 9.17) is 11.6 Å². The number of fused-ring (bicyclic) bond motifs is 1. The summed E-state index contributed by atoms with van der Waals surface area (Å²) in [5.41, 5.74) is 1.99. The SMILES string of the molecule is O=C1c2ccccc2CCN1Cc1ccc(Cl)s1. The van der Waals surface area contributed by atoms with Gasteiger partial charge in [-0.2, -0.15) is 0 Å². The lowest BCUT2D eigenvalue weighted by molar-refractivity contribution is 0.0729. The second-order valence-electron chi connectivity index (χ2n) is 4.34. The lowest BCUT2D eigenvalue weighted by Gasteiger charge is -2.28. The molecule has 2 nitrogen and oxygen atoms in total. The Bertz CT molecular complexity index is 593. The molecule has 1 aromatic carbocycles. The molecule has 0 unspecified atom stereocenters. The average molecular weight is 278 g/mol. The van der Waals surface area contributed by atoms with Crippen LogP contribution < -0.4 is 0 Å². The summed E-state index contributed by atoms with van der Waals surface area (Å²) in [6.07, 6.45) is 0.932. The normalized spacial score (nSPS) is 14.7. The van der Waals surface area contributed by atoms with Crippen molar-refractivity contribution < 1.29 is 4.79 Å². The lowest BCUT2D eigenvalue weighted by atomic mass is 9.99. The first kappa shape index (κ1) is 11.8. The van der Waals surface area contributed by atoms with Gasteiger partial charge in [0.15, 0.2) is 0 Å². The Balaban J connectivity index is 1.82. The Morgan fingerprint density at radius 3 is 2.83 bits per heavy atom. The fraction of sp³-hybridized carbons (Fsp3) is 0.214. The van der Waals surface area contributed by atoms with E-state index in [1.165, 1.54) is 11.3 Å². The Morgan fingerprint density at radius 2 is 2.06 bits per heavy atom. The van der Waals surface area contributed by atoms with Crippen LogP contribution in [0.3, 0.4) is 0 Å². The molecule has 0 N–H and O–H groups in total. The van der Waals surface area contributed by atoms with Crippen molar-refractivity contribution in [1.29, 1.82) is 0 Å². The summed E-state index contributed by atoms with van der Waals surface area (Å²) in [4.78, 5) is 15.4. The number of thiophene rings is 1. The number of amides is 1. The maximum Gasteiger partial charge on any atom is 0.254 e. The highest BCUT2D eigenvalue weighted by atomic mass is 35.5. The predicted molar refractivity (Wildman–Crippen MR) is 74.2 cm³/mol. The predicted octanol–water partition coefficient (Wildman–Crippen LogP) is 3.60. The van der Waals surface area contributed by atoms with E-state index in [0.29, 0.717) is 6.54 Å². The van der Waals surface area contributed by atoms with E-state index < -0.39 is 0 Å². The number of halogens is 1. The monoisotopic (exact) mass is 277 g/mol. The maximum atomic E-state index is 12.3. The third-order valence-corrected chi connectivity index (χ3v) is 4.38. The zero-order chi connectivity index (χ0) is 12.5. The zero-order valence-corrected chi connectivity index (χ0v) is 11.3. The molecular weight excluding hydrogens is 266 g/mol. The molecule has 1 amide bonds. The summed E-state index contributed by atoms with van der Waals surface area (Å²) in [5, 5.41) is 0. The van der Waals surface area contributed by atoms with E-state index >= 15 is 0 Å². The van der Waals surface area contributed by atoms with Crippen LogP contribution in [0.4, 0.5) is 0 Å². The summed E-state index contributed by atoms with van der Waals surface area (Å²) in [6, 6.07) is 11.7. The highest BCUT2D eigenvalue weighted by molar-refractivity contribution is 7.16. The number of carbonyl (C=O) groups is 1. The molecule has 92 valence electrons. The van der Waals surface area contributed by atoms with Gasteiger partial charge in [0.1, 0.15) is 0 Å². The smallest absolute Gasteiger partial charge is 0.254 e. The minimum Gasteiger partial charge on any atom is -0.333 e. The Kier molecular flexibility index (Phi) is 3.10. The number of hydrogen-bond donors (Lipinski definition) is 0. The van der Waals surface area contributed by atoms with E-state index in [2.05, 4.69) is 0 Å². The van der Waals surface area contributed by atoms with E-state index in [1.807, 2.05) is 41.3 Å². The van der Waals surface area contributed by atoms with Gasteiger partial charge in [0.2, 0.25) is 0 Å². The summed E-state index contributed by atoms with van der Waals surface area (Å²) in [6.45, 7) is 1.44. The van der Waals surface area contributed by atoms with Gasteiger partial charge >= 0.3 is 0 Å². The maximum absolute atomic E-state index is 12.3. The van der Waals surface area contributed by atoms with Gasteiger partial charge in [-0.05, 0) is 30.2 Å². The molecule has 0 bridgehead atoms. The molecule has 0 fully saturated rings. The summed E-state index contributed by atoms with van der Waals surface area (Å²) < 4.78 is 0.773. The van der Waals surface area contributed by atoms with Gasteiger partial charge in [-0.1, -0.05) is 29.8 Å². The molecule has 1 aliphatic rings. The molecule has 0 spiro atoms. The Hall–Kier alpha value is -1.32. The van der Waals surface area contributed by atoms with Gasteiger partial charge in [0.05, 0.1) is 10.9 Å². The molecule has 0 aliphatic carbocycles. The van der Waals surface area contributed by atoms with Gasteiger partial charge in [-0.15, -0.1) is 11.3 Å². The largest absolute Gasteiger partial charge is 0.333 e. The van der Waals surface area contributed by atoms with Crippen LogP contribution in [0.1, 0.15) is 20.8 Å². The van der Waals surface area contributed by atoms with Crippen LogP contribution in [0.15, 0.2) is 36.4 Å². The molecule has 2 heterocycles. The summed E-state index contributed by atoms with van der Waals surface area (Å²) >= 11 is 7.45. The molecule has 18 heavy (non-hydrogen) atoms. The van der Waals surface area contributed by atoms with Crippen molar-refractivity contribution in [1.82, 2.24) is 4.90 Å². The second-order valence-corrected chi connectivity index (χ2v) is 6.14. The third kappa shape index (κ3) is 2.16. The van der Waals surface area contributed by atoms with Crippen LogP contribution in [0.5, 0.6) is 0 Å². The van der Waals surface area contributed by atoms with Crippen LogP contribution in [0.25, 0.3) is 0 Å². The first-order valence-electron chi connectivity index (χ1n) is 5.85. The molecule has 2 aromatic rings. The van der Waals surface area contributed by atoms with Crippen LogP contribution in [-0.4, -0.2) is 17.4 Å². The van der Waals surface area contributed by atoms with Crippen molar-refractivity contribution in [3.63, 3.8) is 0 Å². The van der Waals surface area contributed by atoms with Crippen LogP contribution in [0, 0.1) is 0 Å². The van der Waals surface area contributed by atoms with E-state index in [1.54, 1.807) is 0 Å². The highest BCUT2D eigenvalue weighted by Gasteiger charge is 2.23. The van der Waals surface area contributed by atoms with Crippen molar-refractivity contribution in [3.8, 4) is 0 Å². The average Bonchev–Trinajstić information content (AvgIpc) is 2.79. The van der Waals surface area contributed by atoms with Crippen molar-refractivity contribution >= 4 is 28.8 Å². The molecule has 3 rings (SSSR count). The third-order valence-electron chi connectivity index (χ3n) is 3.16. The van der Waals surface area contributed by atoms with Gasteiger partial charge < -0.3 is 4.90 Å². The van der Waals surface area contributed by atoms with Gasteiger partial charge in [0, 0.05) is 17.0 Å². The number of nitrogens with zero attached hydrogens (tertiary/aromatic N) is 1. The molecule has 0 radical (unpaired) electrons. The first-order valence-corrected chi connectivity index (χ1v) is 7.05. The molecule has 1 aromatic heterocycles. The molecule has 4 heteroatoms. The fourth-order valence-corrected chi connectivity index (χ4v) is 3.35. The Morgan fingerprint density at radius 1 is 1.22 bits per heavy atom. The minimum absolute atomic E-state index is 0.126. The summed E-state index contributed by atoms with van der Waals surface area (Å²) in [5.74, 6) is 0.126. The quantitative estimate of drug-likeness (QED) is 0.821. The van der Waals surface area contributed by atoms with Crippen molar-refractivity contribution in [3.05, 3.63) is 56.7 Å². The molecular formula is C14H12ClNOS. The lowest BCUT2D eigenvalue weighted by Crippen LogP contribution is -2.36. The van der Waals surface area contributed by atoms with Gasteiger partial charge in [-0.3, -0.25) is 4.79 Å². The topological polar surface area (TPSA) is 20.3 Å². The number of rotatable bonds is 2. The van der Waals surface area contributed by atoms with Gasteiger partial charge in [-0.25, -0.2) is 0 Å². The summed E-state index contributed by atoms with van der Waals surface area (Å²) in [7, 11) is 0. The standard InChI is InChI=1S/C14H12ClNOS/c15-13-6-5-11(18-13)9-16-8-7-10-3-1-2-4-12(10)14(16)17/h1-6H,7-9H2. The van der Waals surface area contributed by atoms with Crippen molar-refractivity contribution in [2.75, 3.05) is 6.54 Å². The van der Waals surface area contributed by atoms with Gasteiger partial charge in [0.25, 0.3) is 5.91 Å². The van der Waals surface area contributed by atoms with E-state index in [9.17, 15) is 4.79 Å². The first-order chi connectivity index (χ1) is 8.74. The Labute approximate surface area is 115 Å². The molecule has 0 saturated carbocycles. The van der Waals surface area contributed by atoms with Crippen LogP contribution in [-0.2, 0) is 13.0 Å².